The van der Waals surface area contributed by atoms with Gasteiger partial charge in [0, 0.05) is 18.7 Å². The van der Waals surface area contributed by atoms with Gasteiger partial charge in [0.25, 0.3) is 5.91 Å². The number of carbonyl (C=O) groups is 2. The van der Waals surface area contributed by atoms with Crippen LogP contribution in [0.3, 0.4) is 0 Å². The number of nitrogens with zero attached hydrogens (tertiary/aromatic N) is 2. The Labute approximate surface area is 154 Å². The summed E-state index contributed by atoms with van der Waals surface area (Å²) in [5.74, 6) is 0.00932. The molecule has 2 fully saturated rings. The molecule has 0 bridgehead atoms. The van der Waals surface area contributed by atoms with E-state index in [4.69, 9.17) is 10.00 Å². The number of amides is 1. The summed E-state index contributed by atoms with van der Waals surface area (Å²) < 4.78 is 5.13. The van der Waals surface area contributed by atoms with Crippen LogP contribution in [0.1, 0.15) is 49.7 Å². The lowest BCUT2D eigenvalue weighted by atomic mass is 9.78. The largest absolute Gasteiger partial charge is 0.452 e. The summed E-state index contributed by atoms with van der Waals surface area (Å²) in [4.78, 5) is 26.3. The minimum Gasteiger partial charge on any atom is -0.452 e. The molecule has 1 saturated carbocycles. The summed E-state index contributed by atoms with van der Waals surface area (Å²) in [5.41, 5.74) is 1.37. The zero-order valence-corrected chi connectivity index (χ0v) is 14.9. The first-order valence-corrected chi connectivity index (χ1v) is 9.32. The summed E-state index contributed by atoms with van der Waals surface area (Å²) in [6.45, 7) is 0.582. The van der Waals surface area contributed by atoms with E-state index in [0.29, 0.717) is 17.5 Å². The van der Waals surface area contributed by atoms with E-state index in [-0.39, 0.29) is 12.5 Å². The number of likely N-dealkylation sites (tertiary alicyclic amines) is 1. The monoisotopic (exact) mass is 352 g/mol. The number of esters is 1. The van der Waals surface area contributed by atoms with Crippen LogP contribution in [-0.2, 0) is 14.3 Å². The molecule has 1 aliphatic heterocycles. The van der Waals surface area contributed by atoms with Crippen molar-refractivity contribution in [3.8, 4) is 6.07 Å². The first-order valence-electron chi connectivity index (χ1n) is 9.32. The van der Waals surface area contributed by atoms with Gasteiger partial charge in [-0.25, -0.2) is 4.79 Å². The summed E-state index contributed by atoms with van der Waals surface area (Å²) in [6, 6.07) is 9.26. The Hall–Kier alpha value is -2.61. The van der Waals surface area contributed by atoms with Crippen LogP contribution < -0.4 is 0 Å². The molecule has 1 aliphatic carbocycles. The molecule has 0 radical (unpaired) electrons. The van der Waals surface area contributed by atoms with Crippen LogP contribution in [0.15, 0.2) is 30.3 Å². The molecule has 1 aromatic carbocycles. The Morgan fingerprint density at radius 3 is 2.65 bits per heavy atom. The van der Waals surface area contributed by atoms with Gasteiger partial charge >= 0.3 is 5.97 Å². The van der Waals surface area contributed by atoms with E-state index in [1.54, 1.807) is 30.3 Å². The average Bonchev–Trinajstić information content (AvgIpc) is 2.70. The van der Waals surface area contributed by atoms with Crippen LogP contribution in [0.2, 0.25) is 0 Å². The highest BCUT2D eigenvalue weighted by Gasteiger charge is 2.35. The molecule has 1 heterocycles. The van der Waals surface area contributed by atoms with Gasteiger partial charge in [0.15, 0.2) is 6.61 Å². The number of nitriles is 1. The van der Waals surface area contributed by atoms with Crippen molar-refractivity contribution >= 4 is 18.0 Å². The molecule has 2 aliphatic rings. The van der Waals surface area contributed by atoms with Gasteiger partial charge in [0.2, 0.25) is 0 Å². The number of ether oxygens (including phenoxy) is 1. The van der Waals surface area contributed by atoms with Crippen LogP contribution in [0, 0.1) is 17.2 Å². The van der Waals surface area contributed by atoms with Gasteiger partial charge in [0.05, 0.1) is 11.6 Å². The van der Waals surface area contributed by atoms with Gasteiger partial charge in [-0.05, 0) is 55.4 Å². The Balaban J connectivity index is 1.49. The minimum absolute atomic E-state index is 0.0817. The molecular weight excluding hydrogens is 328 g/mol. The fraction of sp³-hybridized carbons (Fsp3) is 0.476. The zero-order valence-electron chi connectivity index (χ0n) is 14.9. The molecule has 0 aromatic heterocycles. The van der Waals surface area contributed by atoms with Crippen LogP contribution in [-0.4, -0.2) is 36.0 Å². The van der Waals surface area contributed by atoms with Gasteiger partial charge in [-0.1, -0.05) is 25.0 Å². The first-order chi connectivity index (χ1) is 12.7. The summed E-state index contributed by atoms with van der Waals surface area (Å²) in [7, 11) is 0. The first kappa shape index (κ1) is 18.2. The van der Waals surface area contributed by atoms with Crippen molar-refractivity contribution in [2.24, 2.45) is 5.92 Å². The van der Waals surface area contributed by atoms with E-state index >= 15 is 0 Å². The van der Waals surface area contributed by atoms with Crippen molar-refractivity contribution in [1.82, 2.24) is 4.90 Å². The third kappa shape index (κ3) is 4.51. The van der Waals surface area contributed by atoms with E-state index in [1.807, 2.05) is 11.0 Å². The van der Waals surface area contributed by atoms with E-state index < -0.39 is 5.97 Å². The highest BCUT2D eigenvalue weighted by molar-refractivity contribution is 5.89. The number of rotatable bonds is 4. The quantitative estimate of drug-likeness (QED) is 0.616. The van der Waals surface area contributed by atoms with Crippen molar-refractivity contribution in [2.45, 2.75) is 44.6 Å². The number of piperidine rings is 1. The third-order valence-electron chi connectivity index (χ3n) is 5.35. The molecule has 2 atom stereocenters. The predicted octanol–water partition coefficient (Wildman–Crippen LogP) is 3.30. The minimum atomic E-state index is -0.528. The second-order valence-electron chi connectivity index (χ2n) is 7.02. The van der Waals surface area contributed by atoms with Gasteiger partial charge in [-0.15, -0.1) is 0 Å². The Morgan fingerprint density at radius 1 is 1.15 bits per heavy atom. The van der Waals surface area contributed by atoms with Crippen LogP contribution in [0.25, 0.3) is 6.08 Å². The molecule has 136 valence electrons. The maximum absolute atomic E-state index is 12.5. The predicted molar refractivity (Wildman–Crippen MR) is 97.8 cm³/mol. The molecule has 0 spiro atoms. The highest BCUT2D eigenvalue weighted by atomic mass is 16.5. The number of carbonyl (C=O) groups excluding carboxylic acids is 2. The summed E-state index contributed by atoms with van der Waals surface area (Å²) >= 11 is 0. The normalized spacial score (nSPS) is 22.5. The molecule has 5 heteroatoms. The van der Waals surface area contributed by atoms with E-state index in [9.17, 15) is 9.59 Å². The van der Waals surface area contributed by atoms with Crippen molar-refractivity contribution in [3.63, 3.8) is 0 Å². The SMILES string of the molecule is N#Cc1ccc(/C=C/C(=O)OCC(=O)N2CCC[C@H]3CCCC[C@@H]32)cc1. The van der Waals surface area contributed by atoms with Crippen LogP contribution in [0.4, 0.5) is 0 Å². The molecule has 1 amide bonds. The fourth-order valence-corrected chi connectivity index (χ4v) is 4.03. The number of fused-ring (bicyclic) bond motifs is 1. The van der Waals surface area contributed by atoms with Gasteiger partial charge in [-0.3, -0.25) is 4.79 Å². The zero-order chi connectivity index (χ0) is 18.4. The smallest absolute Gasteiger partial charge is 0.331 e. The number of hydrogen-bond acceptors (Lipinski definition) is 4. The maximum Gasteiger partial charge on any atom is 0.331 e. The molecular formula is C21H24N2O3. The van der Waals surface area contributed by atoms with Gasteiger partial charge in [0.1, 0.15) is 0 Å². The van der Waals surface area contributed by atoms with E-state index in [2.05, 4.69) is 0 Å². The Kier molecular flexibility index (Phi) is 6.06. The maximum atomic E-state index is 12.5. The Morgan fingerprint density at radius 2 is 1.88 bits per heavy atom. The molecule has 26 heavy (non-hydrogen) atoms. The van der Waals surface area contributed by atoms with Gasteiger partial charge < -0.3 is 9.64 Å². The van der Waals surface area contributed by atoms with E-state index in [0.717, 1.165) is 24.9 Å². The molecule has 1 aromatic rings. The summed E-state index contributed by atoms with van der Waals surface area (Å²) in [6.07, 6.45) is 9.90. The van der Waals surface area contributed by atoms with Crippen LogP contribution >= 0.6 is 0 Å². The Bertz CT molecular complexity index is 716. The molecule has 1 saturated heterocycles. The lowest BCUT2D eigenvalue weighted by Gasteiger charge is -2.44. The fourth-order valence-electron chi connectivity index (χ4n) is 4.03. The van der Waals surface area contributed by atoms with Crippen molar-refractivity contribution in [3.05, 3.63) is 41.5 Å². The van der Waals surface area contributed by atoms with Crippen LogP contribution in [0.5, 0.6) is 0 Å². The molecule has 5 nitrogen and oxygen atoms in total. The topological polar surface area (TPSA) is 70.4 Å². The standard InChI is InChI=1S/C21H24N2O3/c22-14-17-9-7-16(8-10-17)11-12-21(25)26-15-20(24)23-13-3-5-18-4-1-2-6-19(18)23/h7-12,18-19H,1-6,13,15H2/b12-11+/t18-,19+/m1/s1. The van der Waals surface area contributed by atoms with Gasteiger partial charge in [-0.2, -0.15) is 5.26 Å². The number of hydrogen-bond donors (Lipinski definition) is 0. The number of benzene rings is 1. The molecule has 3 rings (SSSR count). The third-order valence-corrected chi connectivity index (χ3v) is 5.35. The lowest BCUT2D eigenvalue weighted by Crippen LogP contribution is -2.50. The van der Waals surface area contributed by atoms with Crippen molar-refractivity contribution in [1.29, 1.82) is 5.26 Å². The second-order valence-corrected chi connectivity index (χ2v) is 7.02. The second kappa shape index (κ2) is 8.66. The van der Waals surface area contributed by atoms with Crippen molar-refractivity contribution < 1.29 is 14.3 Å². The lowest BCUT2D eigenvalue weighted by molar-refractivity contribution is -0.151. The summed E-state index contributed by atoms with van der Waals surface area (Å²) in [5, 5.41) is 8.77. The average molecular weight is 352 g/mol. The van der Waals surface area contributed by atoms with Crippen molar-refractivity contribution in [2.75, 3.05) is 13.2 Å². The molecule has 0 N–H and O–H groups in total. The highest BCUT2D eigenvalue weighted by Crippen LogP contribution is 2.35. The van der Waals surface area contributed by atoms with E-state index in [1.165, 1.54) is 31.8 Å². The molecule has 0 unspecified atom stereocenters.